The molecule has 0 radical (unpaired) electrons. The molecule has 0 aliphatic heterocycles. The van der Waals surface area contributed by atoms with Gasteiger partial charge >= 0.3 is 0 Å². The number of hydrogen-bond acceptors (Lipinski definition) is 3. The Morgan fingerprint density at radius 2 is 2.25 bits per heavy atom. The minimum absolute atomic E-state index is 0.148. The first kappa shape index (κ1) is 15.3. The van der Waals surface area contributed by atoms with Gasteiger partial charge < -0.3 is 15.7 Å². The normalized spacial score (nSPS) is 23.1. The van der Waals surface area contributed by atoms with Gasteiger partial charge in [0.1, 0.15) is 0 Å². The summed E-state index contributed by atoms with van der Waals surface area (Å²) in [5, 5.41) is 16.5. The van der Waals surface area contributed by atoms with Crippen LogP contribution in [0.25, 0.3) is 0 Å². The molecule has 1 aliphatic rings. The summed E-state index contributed by atoms with van der Waals surface area (Å²) in [6.07, 6.45) is 3.03. The Balaban J connectivity index is 1.85. The number of nitrogens with zero attached hydrogens (tertiary/aromatic N) is 1. The minimum Gasteiger partial charge on any atom is -0.393 e. The van der Waals surface area contributed by atoms with Crippen molar-refractivity contribution in [3.8, 4) is 0 Å². The van der Waals surface area contributed by atoms with Crippen LogP contribution in [-0.4, -0.2) is 30.3 Å². The van der Waals surface area contributed by atoms with Crippen LogP contribution in [0, 0.1) is 12.8 Å². The molecule has 1 aliphatic carbocycles. The molecule has 0 amide bonds. The second-order valence-corrected chi connectivity index (χ2v) is 6.72. The van der Waals surface area contributed by atoms with Crippen molar-refractivity contribution in [2.24, 2.45) is 10.9 Å². The summed E-state index contributed by atoms with van der Waals surface area (Å²) in [7, 11) is 0. The second-order valence-electron chi connectivity index (χ2n) is 5.35. The summed E-state index contributed by atoms with van der Waals surface area (Å²) < 4.78 is 0. The molecule has 0 spiro atoms. The Hall–Kier alpha value is -1.07. The van der Waals surface area contributed by atoms with Gasteiger partial charge in [0.2, 0.25) is 0 Å². The molecule has 3 N–H and O–H groups in total. The van der Waals surface area contributed by atoms with Crippen molar-refractivity contribution in [3.05, 3.63) is 21.9 Å². The average Bonchev–Trinajstić information content (AvgIpc) is 3.02. The van der Waals surface area contributed by atoms with Crippen molar-refractivity contribution >= 4 is 17.3 Å². The molecule has 0 aromatic carbocycles. The lowest BCUT2D eigenvalue weighted by atomic mass is 10.1. The van der Waals surface area contributed by atoms with Crippen LogP contribution in [-0.2, 0) is 6.54 Å². The van der Waals surface area contributed by atoms with Gasteiger partial charge in [-0.05, 0) is 38.8 Å². The SMILES string of the molecule is CCNC(=NCc1ccc(C)s1)NCC1CCCC1O. The first-order valence-corrected chi connectivity index (χ1v) is 8.26. The highest BCUT2D eigenvalue weighted by molar-refractivity contribution is 7.11. The molecule has 5 heteroatoms. The van der Waals surface area contributed by atoms with E-state index in [1.165, 1.54) is 9.75 Å². The van der Waals surface area contributed by atoms with Crippen LogP contribution in [0.3, 0.4) is 0 Å². The van der Waals surface area contributed by atoms with Crippen LogP contribution in [0.1, 0.15) is 35.9 Å². The summed E-state index contributed by atoms with van der Waals surface area (Å²) >= 11 is 1.79. The molecule has 2 unspecified atom stereocenters. The molecule has 4 nitrogen and oxygen atoms in total. The number of aliphatic hydroxyl groups excluding tert-OH is 1. The highest BCUT2D eigenvalue weighted by Gasteiger charge is 2.24. The smallest absolute Gasteiger partial charge is 0.191 e. The summed E-state index contributed by atoms with van der Waals surface area (Å²) in [6.45, 7) is 6.54. The van der Waals surface area contributed by atoms with Crippen molar-refractivity contribution in [3.63, 3.8) is 0 Å². The third kappa shape index (κ3) is 4.49. The second kappa shape index (κ2) is 7.64. The van der Waals surface area contributed by atoms with Crippen LogP contribution in [0.15, 0.2) is 17.1 Å². The first-order chi connectivity index (χ1) is 9.69. The van der Waals surface area contributed by atoms with E-state index in [4.69, 9.17) is 0 Å². The number of thiophene rings is 1. The molecule has 1 aromatic heterocycles. The molecular formula is C15H25N3OS. The van der Waals surface area contributed by atoms with Gasteiger partial charge in [-0.2, -0.15) is 0 Å². The van der Waals surface area contributed by atoms with Gasteiger partial charge in [-0.1, -0.05) is 6.42 Å². The summed E-state index contributed by atoms with van der Waals surface area (Å²) in [4.78, 5) is 7.21. The van der Waals surface area contributed by atoms with E-state index in [0.717, 1.165) is 38.3 Å². The molecule has 2 atom stereocenters. The number of aliphatic imine (C=N–C) groups is 1. The maximum Gasteiger partial charge on any atom is 0.191 e. The predicted molar refractivity (Wildman–Crippen MR) is 85.2 cm³/mol. The largest absolute Gasteiger partial charge is 0.393 e. The molecule has 0 bridgehead atoms. The van der Waals surface area contributed by atoms with Gasteiger partial charge in [-0.25, -0.2) is 4.99 Å². The standard InChI is InChI=1S/C15H25N3OS/c1-3-16-15(17-9-12-5-4-6-14(12)19)18-10-13-8-7-11(2)20-13/h7-8,12,14,19H,3-6,9-10H2,1-2H3,(H2,16,17,18). The zero-order valence-corrected chi connectivity index (χ0v) is 13.2. The van der Waals surface area contributed by atoms with Crippen molar-refractivity contribution in [1.29, 1.82) is 0 Å². The van der Waals surface area contributed by atoms with Gasteiger partial charge in [-0.15, -0.1) is 11.3 Å². The van der Waals surface area contributed by atoms with Gasteiger partial charge in [0.25, 0.3) is 0 Å². The molecule has 0 saturated heterocycles. The highest BCUT2D eigenvalue weighted by atomic mass is 32.1. The Kier molecular flexibility index (Phi) is 5.86. The lowest BCUT2D eigenvalue weighted by Crippen LogP contribution is -2.41. The van der Waals surface area contributed by atoms with E-state index >= 15 is 0 Å². The van der Waals surface area contributed by atoms with Crippen molar-refractivity contribution < 1.29 is 5.11 Å². The zero-order valence-electron chi connectivity index (χ0n) is 12.4. The Morgan fingerprint density at radius 3 is 2.85 bits per heavy atom. The quantitative estimate of drug-likeness (QED) is 0.577. The van der Waals surface area contributed by atoms with Crippen LogP contribution in [0.5, 0.6) is 0 Å². The topological polar surface area (TPSA) is 56.7 Å². The highest BCUT2D eigenvalue weighted by Crippen LogP contribution is 2.24. The molecular weight excluding hydrogens is 270 g/mol. The van der Waals surface area contributed by atoms with E-state index in [-0.39, 0.29) is 6.10 Å². The number of nitrogens with one attached hydrogen (secondary N) is 2. The zero-order chi connectivity index (χ0) is 14.4. The molecule has 20 heavy (non-hydrogen) atoms. The van der Waals surface area contributed by atoms with E-state index in [1.54, 1.807) is 11.3 Å². The minimum atomic E-state index is -0.148. The molecule has 1 heterocycles. The maximum absolute atomic E-state index is 9.84. The van der Waals surface area contributed by atoms with E-state index in [2.05, 4.69) is 41.6 Å². The third-order valence-electron chi connectivity index (χ3n) is 3.68. The fraction of sp³-hybridized carbons (Fsp3) is 0.667. The third-order valence-corrected chi connectivity index (χ3v) is 4.67. The Bertz CT molecular complexity index is 444. The predicted octanol–water partition coefficient (Wildman–Crippen LogP) is 2.27. The van der Waals surface area contributed by atoms with Gasteiger partial charge in [0.05, 0.1) is 12.6 Å². The number of aliphatic hydroxyl groups is 1. The first-order valence-electron chi connectivity index (χ1n) is 7.44. The van der Waals surface area contributed by atoms with E-state index in [9.17, 15) is 5.11 Å². The fourth-order valence-corrected chi connectivity index (χ4v) is 3.37. The number of aryl methyl sites for hydroxylation is 1. The fourth-order valence-electron chi connectivity index (χ4n) is 2.55. The summed E-state index contributed by atoms with van der Waals surface area (Å²) in [5.74, 6) is 1.21. The summed E-state index contributed by atoms with van der Waals surface area (Å²) in [5.41, 5.74) is 0. The maximum atomic E-state index is 9.84. The van der Waals surface area contributed by atoms with Crippen molar-refractivity contribution in [2.75, 3.05) is 13.1 Å². The van der Waals surface area contributed by atoms with Crippen LogP contribution in [0.4, 0.5) is 0 Å². The number of rotatable bonds is 5. The Morgan fingerprint density at radius 1 is 1.40 bits per heavy atom. The lowest BCUT2D eigenvalue weighted by Gasteiger charge is -2.17. The summed E-state index contributed by atoms with van der Waals surface area (Å²) in [6, 6.07) is 4.26. The van der Waals surface area contributed by atoms with Crippen LogP contribution in [0.2, 0.25) is 0 Å². The van der Waals surface area contributed by atoms with Crippen molar-refractivity contribution in [1.82, 2.24) is 10.6 Å². The van der Waals surface area contributed by atoms with E-state index in [0.29, 0.717) is 12.5 Å². The van der Waals surface area contributed by atoms with Gasteiger partial charge in [0, 0.05) is 28.8 Å². The van der Waals surface area contributed by atoms with Gasteiger partial charge in [-0.3, -0.25) is 0 Å². The molecule has 112 valence electrons. The van der Waals surface area contributed by atoms with Crippen molar-refractivity contribution in [2.45, 2.75) is 45.8 Å². The molecule has 1 saturated carbocycles. The molecule has 1 fully saturated rings. The van der Waals surface area contributed by atoms with E-state index in [1.807, 2.05) is 0 Å². The lowest BCUT2D eigenvalue weighted by molar-refractivity contribution is 0.134. The number of guanidine groups is 1. The van der Waals surface area contributed by atoms with E-state index < -0.39 is 0 Å². The van der Waals surface area contributed by atoms with Crippen LogP contribution < -0.4 is 10.6 Å². The van der Waals surface area contributed by atoms with Crippen LogP contribution >= 0.6 is 11.3 Å². The van der Waals surface area contributed by atoms with Gasteiger partial charge in [0.15, 0.2) is 5.96 Å². The molecule has 1 aromatic rings. The monoisotopic (exact) mass is 295 g/mol. The average molecular weight is 295 g/mol. The number of hydrogen-bond donors (Lipinski definition) is 3. The molecule has 2 rings (SSSR count). The Labute approximate surface area is 125 Å².